The summed E-state index contributed by atoms with van der Waals surface area (Å²) in [6.45, 7) is 11.9. The normalized spacial score (nSPS) is 15.4. The Morgan fingerprint density at radius 1 is 1.13 bits per heavy atom. The molecule has 0 N–H and O–H groups in total. The molecule has 0 bridgehead atoms. The van der Waals surface area contributed by atoms with E-state index in [1.807, 2.05) is 26.8 Å². The maximum atomic E-state index is 12.3. The van der Waals surface area contributed by atoms with Crippen molar-refractivity contribution in [3.05, 3.63) is 0 Å². The topological polar surface area (TPSA) is 82.9 Å². The number of hydrogen-bond donors (Lipinski definition) is 0. The summed E-state index contributed by atoms with van der Waals surface area (Å²) in [6.07, 6.45) is -0.623. The van der Waals surface area contributed by atoms with Crippen LogP contribution in [0.4, 0.5) is 9.59 Å². The van der Waals surface area contributed by atoms with E-state index in [0.29, 0.717) is 13.1 Å². The summed E-state index contributed by atoms with van der Waals surface area (Å²) in [4.78, 5) is 27.3. The van der Waals surface area contributed by atoms with E-state index in [1.54, 1.807) is 25.7 Å². The van der Waals surface area contributed by atoms with E-state index in [9.17, 15) is 9.59 Å². The van der Waals surface area contributed by atoms with Gasteiger partial charge in [-0.25, -0.2) is 9.59 Å². The number of rotatable bonds is 3. The van der Waals surface area contributed by atoms with E-state index in [2.05, 4.69) is 0 Å². The molecule has 1 saturated heterocycles. The summed E-state index contributed by atoms with van der Waals surface area (Å²) >= 11 is 0. The van der Waals surface area contributed by atoms with Crippen LogP contribution >= 0.6 is 0 Å². The third-order valence-electron chi connectivity index (χ3n) is 3.05. The van der Waals surface area contributed by atoms with Crippen molar-refractivity contribution in [2.24, 2.45) is 0 Å². The third-order valence-corrected chi connectivity index (χ3v) is 3.05. The third kappa shape index (κ3) is 6.35. The highest BCUT2D eigenvalue weighted by Crippen LogP contribution is 2.21. The molecule has 0 spiro atoms. The maximum absolute atomic E-state index is 12.3. The van der Waals surface area contributed by atoms with Gasteiger partial charge in [-0.3, -0.25) is 0 Å². The molecule has 2 amide bonds. The van der Waals surface area contributed by atoms with E-state index < -0.39 is 23.4 Å². The Morgan fingerprint density at radius 3 is 2.09 bits per heavy atom. The zero-order valence-electron chi connectivity index (χ0n) is 14.9. The van der Waals surface area contributed by atoms with E-state index >= 15 is 0 Å². The molecule has 1 aliphatic rings. The first-order chi connectivity index (χ1) is 10.4. The molecule has 0 aromatic rings. The summed E-state index contributed by atoms with van der Waals surface area (Å²) in [5.41, 5.74) is -1.15. The second kappa shape index (κ2) is 7.07. The lowest BCUT2D eigenvalue weighted by atomic mass is 10.1. The number of nitriles is 1. The first-order valence-corrected chi connectivity index (χ1v) is 7.77. The van der Waals surface area contributed by atoms with Gasteiger partial charge >= 0.3 is 12.2 Å². The largest absolute Gasteiger partial charge is 0.444 e. The number of hydrogen-bond acceptors (Lipinski definition) is 5. The molecule has 0 aromatic heterocycles. The van der Waals surface area contributed by atoms with Crippen LogP contribution in [-0.2, 0) is 9.47 Å². The second-order valence-electron chi connectivity index (χ2n) is 7.62. The van der Waals surface area contributed by atoms with Crippen molar-refractivity contribution >= 4 is 12.2 Å². The first-order valence-electron chi connectivity index (χ1n) is 7.77. The number of amides is 2. The van der Waals surface area contributed by atoms with E-state index in [4.69, 9.17) is 14.7 Å². The Hall–Kier alpha value is -1.97. The monoisotopic (exact) mass is 325 g/mol. The summed E-state index contributed by atoms with van der Waals surface area (Å²) in [6, 6.07) is 1.88. The molecule has 23 heavy (non-hydrogen) atoms. The summed E-state index contributed by atoms with van der Waals surface area (Å²) in [7, 11) is 0. The fourth-order valence-corrected chi connectivity index (χ4v) is 2.04. The number of carbonyl (C=O) groups excluding carboxylic acids is 2. The van der Waals surface area contributed by atoms with Gasteiger partial charge in [0, 0.05) is 19.6 Å². The molecular weight excluding hydrogens is 298 g/mol. The Morgan fingerprint density at radius 2 is 1.65 bits per heavy atom. The minimum Gasteiger partial charge on any atom is -0.444 e. The molecule has 1 fully saturated rings. The van der Waals surface area contributed by atoms with Crippen LogP contribution in [0.1, 0.15) is 48.0 Å². The molecule has 0 aliphatic carbocycles. The smallest absolute Gasteiger partial charge is 0.410 e. The van der Waals surface area contributed by atoms with Crippen LogP contribution < -0.4 is 0 Å². The lowest BCUT2D eigenvalue weighted by Crippen LogP contribution is -2.63. The summed E-state index contributed by atoms with van der Waals surface area (Å²) < 4.78 is 10.7. The highest BCUT2D eigenvalue weighted by molar-refractivity contribution is 5.72. The number of likely N-dealkylation sites (tertiary alicyclic amines) is 1. The van der Waals surface area contributed by atoms with Crippen molar-refractivity contribution in [1.29, 1.82) is 5.26 Å². The average Bonchev–Trinajstić information content (AvgIpc) is 2.26. The Bertz CT molecular complexity index is 479. The molecule has 7 nitrogen and oxygen atoms in total. The molecule has 0 aromatic carbocycles. The molecule has 0 radical (unpaired) electrons. The molecule has 1 aliphatic heterocycles. The first kappa shape index (κ1) is 19.1. The van der Waals surface area contributed by atoms with Gasteiger partial charge in [0.25, 0.3) is 0 Å². The van der Waals surface area contributed by atoms with Gasteiger partial charge in [0.1, 0.15) is 11.2 Å². The van der Waals surface area contributed by atoms with Crippen molar-refractivity contribution in [2.45, 2.75) is 65.2 Å². The molecular formula is C16H27N3O4. The zero-order valence-corrected chi connectivity index (χ0v) is 14.9. The minimum absolute atomic E-state index is 0.147. The highest BCUT2D eigenvalue weighted by atomic mass is 16.6. The van der Waals surface area contributed by atoms with Crippen LogP contribution in [-0.4, -0.2) is 58.9 Å². The van der Waals surface area contributed by atoms with Gasteiger partial charge in [-0.1, -0.05) is 0 Å². The Balaban J connectivity index is 2.61. The van der Waals surface area contributed by atoms with Crippen molar-refractivity contribution < 1.29 is 19.1 Å². The van der Waals surface area contributed by atoms with Crippen LogP contribution in [0.5, 0.6) is 0 Å². The second-order valence-corrected chi connectivity index (χ2v) is 7.62. The molecule has 1 rings (SSSR count). The van der Waals surface area contributed by atoms with Gasteiger partial charge in [-0.05, 0) is 41.5 Å². The number of nitrogens with zero attached hydrogens (tertiary/aromatic N) is 3. The standard InChI is InChI=1S/C16H27N3O4/c1-15(2,3)22-13(20)18-10-12(11-18)19(9-7-8-17)14(21)23-16(4,5)6/h12H,7,9-11H2,1-6H3. The lowest BCUT2D eigenvalue weighted by molar-refractivity contribution is -0.0281. The predicted molar refractivity (Wildman–Crippen MR) is 84.8 cm³/mol. The fraction of sp³-hybridized carbons (Fsp3) is 0.812. The van der Waals surface area contributed by atoms with Crippen LogP contribution in [0.25, 0.3) is 0 Å². The molecule has 130 valence electrons. The van der Waals surface area contributed by atoms with Crippen LogP contribution in [0.15, 0.2) is 0 Å². The number of ether oxygens (including phenoxy) is 2. The summed E-state index contributed by atoms with van der Waals surface area (Å²) in [5, 5.41) is 8.76. The predicted octanol–water partition coefficient (Wildman–Crippen LogP) is 2.76. The average molecular weight is 325 g/mol. The lowest BCUT2D eigenvalue weighted by Gasteiger charge is -2.45. The van der Waals surface area contributed by atoms with Crippen molar-refractivity contribution in [2.75, 3.05) is 19.6 Å². The SMILES string of the molecule is CC(C)(C)OC(=O)N1CC(N(CCC#N)C(=O)OC(C)(C)C)C1. The van der Waals surface area contributed by atoms with Gasteiger partial charge < -0.3 is 19.3 Å². The molecule has 0 unspecified atom stereocenters. The van der Waals surface area contributed by atoms with Crippen LogP contribution in [0.2, 0.25) is 0 Å². The number of carbonyl (C=O) groups is 2. The van der Waals surface area contributed by atoms with Crippen molar-refractivity contribution in [1.82, 2.24) is 9.80 Å². The van der Waals surface area contributed by atoms with Gasteiger partial charge in [0.05, 0.1) is 18.5 Å². The maximum Gasteiger partial charge on any atom is 0.410 e. The van der Waals surface area contributed by atoms with Gasteiger partial charge in [0.2, 0.25) is 0 Å². The van der Waals surface area contributed by atoms with Gasteiger partial charge in [-0.2, -0.15) is 5.26 Å². The Kier molecular flexibility index (Phi) is 5.86. The fourth-order valence-electron chi connectivity index (χ4n) is 2.04. The van der Waals surface area contributed by atoms with E-state index in [0.717, 1.165) is 0 Å². The van der Waals surface area contributed by atoms with E-state index in [-0.39, 0.29) is 19.0 Å². The molecule has 1 heterocycles. The van der Waals surface area contributed by atoms with Crippen LogP contribution in [0.3, 0.4) is 0 Å². The zero-order chi connectivity index (χ0) is 17.8. The van der Waals surface area contributed by atoms with Gasteiger partial charge in [0.15, 0.2) is 0 Å². The van der Waals surface area contributed by atoms with Crippen molar-refractivity contribution in [3.63, 3.8) is 0 Å². The highest BCUT2D eigenvalue weighted by Gasteiger charge is 2.40. The van der Waals surface area contributed by atoms with Crippen molar-refractivity contribution in [3.8, 4) is 6.07 Å². The Labute approximate surface area is 138 Å². The molecule has 0 atom stereocenters. The van der Waals surface area contributed by atoms with Crippen LogP contribution in [0, 0.1) is 11.3 Å². The van der Waals surface area contributed by atoms with Gasteiger partial charge in [-0.15, -0.1) is 0 Å². The quantitative estimate of drug-likeness (QED) is 0.796. The molecule has 0 saturated carbocycles. The summed E-state index contributed by atoms with van der Waals surface area (Å²) in [5.74, 6) is 0. The minimum atomic E-state index is -0.601. The molecule has 7 heteroatoms. The van der Waals surface area contributed by atoms with E-state index in [1.165, 1.54) is 4.90 Å².